The van der Waals surface area contributed by atoms with Crippen LogP contribution >= 0.6 is 0 Å². The highest BCUT2D eigenvalue weighted by atomic mass is 19.4. The zero-order valence-corrected chi connectivity index (χ0v) is 11.0. The molecule has 1 fully saturated rings. The fourth-order valence-corrected chi connectivity index (χ4v) is 2.71. The molecule has 1 aromatic rings. The molecule has 2 rings (SSSR count). The van der Waals surface area contributed by atoms with E-state index in [9.17, 15) is 13.2 Å². The number of nitrogens with zero attached hydrogens (tertiary/aromatic N) is 1. The lowest BCUT2D eigenvalue weighted by molar-refractivity contribution is -0.138. The summed E-state index contributed by atoms with van der Waals surface area (Å²) in [5.41, 5.74) is -0.0974. The highest BCUT2D eigenvalue weighted by molar-refractivity contribution is 5.32. The van der Waals surface area contributed by atoms with Gasteiger partial charge in [-0.1, -0.05) is 25.1 Å². The van der Waals surface area contributed by atoms with Gasteiger partial charge in [0, 0.05) is 32.2 Å². The van der Waals surface area contributed by atoms with Crippen molar-refractivity contribution >= 4 is 0 Å². The zero-order chi connectivity index (χ0) is 13.9. The Morgan fingerprint density at radius 3 is 2.42 bits per heavy atom. The third kappa shape index (κ3) is 3.28. The smallest absolute Gasteiger partial charge is 0.314 e. The molecular formula is C14H19F3N2. The first kappa shape index (κ1) is 14.3. The van der Waals surface area contributed by atoms with Crippen LogP contribution in [0.25, 0.3) is 0 Å². The van der Waals surface area contributed by atoms with Crippen LogP contribution in [0, 0.1) is 0 Å². The molecule has 0 bridgehead atoms. The molecule has 1 N–H and O–H groups in total. The summed E-state index contributed by atoms with van der Waals surface area (Å²) in [7, 11) is 0. The van der Waals surface area contributed by atoms with E-state index in [1.807, 2.05) is 6.92 Å². The molecule has 0 unspecified atom stereocenters. The molecule has 5 heteroatoms. The van der Waals surface area contributed by atoms with Crippen LogP contribution in [-0.4, -0.2) is 31.1 Å². The monoisotopic (exact) mass is 272 g/mol. The Morgan fingerprint density at radius 2 is 1.84 bits per heavy atom. The number of rotatable bonds is 3. The summed E-state index contributed by atoms with van der Waals surface area (Å²) in [5, 5.41) is 3.23. The predicted molar refractivity (Wildman–Crippen MR) is 68.9 cm³/mol. The number of halogens is 3. The maximum Gasteiger partial charge on any atom is 0.416 e. The van der Waals surface area contributed by atoms with Gasteiger partial charge in [-0.2, -0.15) is 13.2 Å². The molecule has 0 aliphatic carbocycles. The Hall–Kier alpha value is -1.07. The Morgan fingerprint density at radius 1 is 1.21 bits per heavy atom. The van der Waals surface area contributed by atoms with Gasteiger partial charge in [-0.25, -0.2) is 0 Å². The van der Waals surface area contributed by atoms with Crippen molar-refractivity contribution in [3.8, 4) is 0 Å². The molecule has 0 radical (unpaired) electrons. The van der Waals surface area contributed by atoms with Crippen LogP contribution in [0.15, 0.2) is 24.3 Å². The van der Waals surface area contributed by atoms with Crippen LogP contribution < -0.4 is 5.32 Å². The van der Waals surface area contributed by atoms with Gasteiger partial charge in [0.2, 0.25) is 0 Å². The standard InChI is InChI=1S/C14H19F3N2/c1-2-13(19-9-7-18-8-10-19)11-5-3-4-6-12(11)14(15,16)17/h3-6,13,18H,2,7-10H2,1H3/t13-/m0/s1. The fraction of sp³-hybridized carbons (Fsp3) is 0.571. The van der Waals surface area contributed by atoms with E-state index < -0.39 is 11.7 Å². The van der Waals surface area contributed by atoms with E-state index >= 15 is 0 Å². The highest BCUT2D eigenvalue weighted by Gasteiger charge is 2.35. The third-order valence-corrected chi connectivity index (χ3v) is 3.60. The number of hydrogen-bond donors (Lipinski definition) is 1. The SMILES string of the molecule is CC[C@@H](c1ccccc1C(F)(F)F)N1CCNCC1. The molecule has 0 aromatic heterocycles. The van der Waals surface area contributed by atoms with Gasteiger partial charge < -0.3 is 5.32 Å². The average molecular weight is 272 g/mol. The van der Waals surface area contributed by atoms with E-state index in [2.05, 4.69) is 10.2 Å². The number of piperazine rings is 1. The van der Waals surface area contributed by atoms with Crippen LogP contribution in [-0.2, 0) is 6.18 Å². The van der Waals surface area contributed by atoms with Gasteiger partial charge in [0.1, 0.15) is 0 Å². The molecule has 106 valence electrons. The summed E-state index contributed by atoms with van der Waals surface area (Å²) in [5.74, 6) is 0. The molecular weight excluding hydrogens is 253 g/mol. The molecule has 1 atom stereocenters. The Labute approximate surface area is 111 Å². The molecule has 0 saturated carbocycles. The van der Waals surface area contributed by atoms with Crippen LogP contribution in [0.4, 0.5) is 13.2 Å². The minimum Gasteiger partial charge on any atom is -0.314 e. The second-order valence-electron chi connectivity index (χ2n) is 4.80. The first-order valence-electron chi connectivity index (χ1n) is 6.65. The topological polar surface area (TPSA) is 15.3 Å². The minimum atomic E-state index is -4.28. The predicted octanol–water partition coefficient (Wildman–Crippen LogP) is 3.06. The Kier molecular flexibility index (Phi) is 4.47. The van der Waals surface area contributed by atoms with Crippen LogP contribution in [0.2, 0.25) is 0 Å². The Bertz CT molecular complexity index is 411. The van der Waals surface area contributed by atoms with Gasteiger partial charge in [-0.05, 0) is 18.1 Å². The third-order valence-electron chi connectivity index (χ3n) is 3.60. The van der Waals surface area contributed by atoms with Crippen molar-refractivity contribution in [2.24, 2.45) is 0 Å². The fourth-order valence-electron chi connectivity index (χ4n) is 2.71. The normalized spacial score (nSPS) is 19.4. The lowest BCUT2D eigenvalue weighted by Gasteiger charge is -2.35. The molecule has 1 aliphatic heterocycles. The largest absolute Gasteiger partial charge is 0.416 e. The van der Waals surface area contributed by atoms with E-state index in [4.69, 9.17) is 0 Å². The molecule has 1 aromatic carbocycles. The van der Waals surface area contributed by atoms with Crippen LogP contribution in [0.5, 0.6) is 0 Å². The van der Waals surface area contributed by atoms with Crippen LogP contribution in [0.3, 0.4) is 0 Å². The maximum atomic E-state index is 13.1. The maximum absolute atomic E-state index is 13.1. The number of benzene rings is 1. The van der Waals surface area contributed by atoms with Crippen molar-refractivity contribution < 1.29 is 13.2 Å². The van der Waals surface area contributed by atoms with Crippen LogP contribution in [0.1, 0.15) is 30.5 Å². The first-order valence-corrected chi connectivity index (χ1v) is 6.65. The van der Waals surface area contributed by atoms with Gasteiger partial charge in [-0.15, -0.1) is 0 Å². The summed E-state index contributed by atoms with van der Waals surface area (Å²) in [4.78, 5) is 2.14. The summed E-state index contributed by atoms with van der Waals surface area (Å²) >= 11 is 0. The number of alkyl halides is 3. The van der Waals surface area contributed by atoms with Crippen molar-refractivity contribution in [3.63, 3.8) is 0 Å². The van der Waals surface area contributed by atoms with Gasteiger partial charge in [0.15, 0.2) is 0 Å². The van der Waals surface area contributed by atoms with Gasteiger partial charge in [0.05, 0.1) is 5.56 Å². The minimum absolute atomic E-state index is 0.153. The van der Waals surface area contributed by atoms with E-state index in [0.29, 0.717) is 12.0 Å². The average Bonchev–Trinajstić information content (AvgIpc) is 2.40. The lowest BCUT2D eigenvalue weighted by atomic mass is 9.96. The highest BCUT2D eigenvalue weighted by Crippen LogP contribution is 2.37. The molecule has 1 saturated heterocycles. The molecule has 1 heterocycles. The van der Waals surface area contributed by atoms with E-state index in [-0.39, 0.29) is 6.04 Å². The molecule has 1 aliphatic rings. The van der Waals surface area contributed by atoms with Gasteiger partial charge >= 0.3 is 6.18 Å². The van der Waals surface area contributed by atoms with Gasteiger partial charge in [-0.3, -0.25) is 4.90 Å². The van der Waals surface area contributed by atoms with Gasteiger partial charge in [0.25, 0.3) is 0 Å². The van der Waals surface area contributed by atoms with E-state index in [1.165, 1.54) is 12.1 Å². The second kappa shape index (κ2) is 5.92. The second-order valence-corrected chi connectivity index (χ2v) is 4.80. The summed E-state index contributed by atoms with van der Waals surface area (Å²) < 4.78 is 39.2. The quantitative estimate of drug-likeness (QED) is 0.909. The van der Waals surface area contributed by atoms with Crippen molar-refractivity contribution in [1.82, 2.24) is 10.2 Å². The van der Waals surface area contributed by atoms with Crippen molar-refractivity contribution in [1.29, 1.82) is 0 Å². The lowest BCUT2D eigenvalue weighted by Crippen LogP contribution is -2.45. The number of nitrogens with one attached hydrogen (secondary N) is 1. The summed E-state index contributed by atoms with van der Waals surface area (Å²) in [6.45, 7) is 5.21. The number of hydrogen-bond acceptors (Lipinski definition) is 2. The molecule has 0 spiro atoms. The molecule has 19 heavy (non-hydrogen) atoms. The van der Waals surface area contributed by atoms with E-state index in [0.717, 1.165) is 26.2 Å². The zero-order valence-electron chi connectivity index (χ0n) is 11.0. The molecule has 0 amide bonds. The summed E-state index contributed by atoms with van der Waals surface area (Å²) in [6.07, 6.45) is -3.59. The van der Waals surface area contributed by atoms with Crippen molar-refractivity contribution in [2.75, 3.05) is 26.2 Å². The first-order chi connectivity index (χ1) is 9.04. The van der Waals surface area contributed by atoms with E-state index in [1.54, 1.807) is 12.1 Å². The Balaban J connectivity index is 2.32. The molecule has 2 nitrogen and oxygen atoms in total. The van der Waals surface area contributed by atoms with Crippen molar-refractivity contribution in [3.05, 3.63) is 35.4 Å². The van der Waals surface area contributed by atoms with Crippen molar-refractivity contribution in [2.45, 2.75) is 25.6 Å². The summed E-state index contributed by atoms with van der Waals surface area (Å²) in [6, 6.07) is 5.78.